The average Bonchev–Trinajstić information content (AvgIpc) is 3.70. The van der Waals surface area contributed by atoms with Crippen LogP contribution in [-0.2, 0) is 5.41 Å². The van der Waals surface area contributed by atoms with E-state index in [0.717, 1.165) is 43.5 Å². The van der Waals surface area contributed by atoms with E-state index in [9.17, 15) is 18.4 Å². The minimum absolute atomic E-state index is 0.0702. The lowest BCUT2D eigenvalue weighted by Gasteiger charge is -2.27. The Morgan fingerprint density at radius 2 is 1.48 bits per heavy atom. The van der Waals surface area contributed by atoms with E-state index < -0.39 is 23.2 Å². The highest BCUT2D eigenvalue weighted by Crippen LogP contribution is 2.58. The van der Waals surface area contributed by atoms with Gasteiger partial charge in [-0.25, -0.2) is 8.78 Å². The molecule has 0 atom stereocenters. The third kappa shape index (κ3) is 3.87. The van der Waals surface area contributed by atoms with E-state index in [-0.39, 0.29) is 22.1 Å². The van der Waals surface area contributed by atoms with Crippen molar-refractivity contribution in [1.29, 1.82) is 0 Å². The molecule has 3 heterocycles. The highest BCUT2D eigenvalue weighted by molar-refractivity contribution is 7.30. The number of para-hydroxylation sites is 1. The van der Waals surface area contributed by atoms with Gasteiger partial charge in [-0.15, -0.1) is 22.7 Å². The maximum absolute atomic E-state index is 13.8. The van der Waals surface area contributed by atoms with Gasteiger partial charge >= 0.3 is 0 Å². The first-order chi connectivity index (χ1) is 21.2. The Morgan fingerprint density at radius 3 is 2.16 bits per heavy atom. The Labute approximate surface area is 259 Å². The molecule has 3 aromatic heterocycles. The molecule has 8 heteroatoms. The third-order valence-corrected chi connectivity index (χ3v) is 10.8. The van der Waals surface area contributed by atoms with Crippen LogP contribution >= 0.6 is 22.7 Å². The molecule has 2 aliphatic carbocycles. The zero-order chi connectivity index (χ0) is 30.3. The number of rotatable bonds is 4. The lowest BCUT2D eigenvalue weighted by Crippen LogP contribution is -2.16. The Bertz CT molecular complexity index is 2130. The van der Waals surface area contributed by atoms with Gasteiger partial charge in [0, 0.05) is 48.6 Å². The first-order valence-electron chi connectivity index (χ1n) is 14.0. The van der Waals surface area contributed by atoms with Gasteiger partial charge in [-0.3, -0.25) is 14.6 Å². The van der Waals surface area contributed by atoms with Gasteiger partial charge in [0.1, 0.15) is 0 Å². The van der Waals surface area contributed by atoms with E-state index in [1.165, 1.54) is 32.9 Å². The molecular weight excluding hydrogens is 595 g/mol. The lowest BCUT2D eigenvalue weighted by molar-refractivity contribution is 0.0990. The molecule has 4 nitrogen and oxygen atoms in total. The summed E-state index contributed by atoms with van der Waals surface area (Å²) >= 11 is 3.22. The number of nitrogens with zero attached hydrogens (tertiary/aromatic N) is 2. The summed E-state index contributed by atoms with van der Waals surface area (Å²) < 4.78 is 29.8. The van der Waals surface area contributed by atoms with Gasteiger partial charge in [0.15, 0.2) is 23.2 Å². The normalized spacial score (nSPS) is 14.6. The summed E-state index contributed by atoms with van der Waals surface area (Å²) in [4.78, 5) is 34.5. The molecule has 0 bridgehead atoms. The number of pyridine rings is 1. The molecule has 44 heavy (non-hydrogen) atoms. The summed E-state index contributed by atoms with van der Waals surface area (Å²) in [5.74, 6) is -3.45. The second-order valence-corrected chi connectivity index (χ2v) is 13.5. The summed E-state index contributed by atoms with van der Waals surface area (Å²) in [6.45, 7) is 4.46. The van der Waals surface area contributed by atoms with Crippen LogP contribution < -0.4 is 4.90 Å². The summed E-state index contributed by atoms with van der Waals surface area (Å²) in [6, 6.07) is 24.4. The number of aromatic nitrogens is 1. The van der Waals surface area contributed by atoms with Gasteiger partial charge in [-0.05, 0) is 77.4 Å². The van der Waals surface area contributed by atoms with Crippen LogP contribution in [0.2, 0.25) is 0 Å². The maximum Gasteiger partial charge on any atom is 0.197 e. The van der Waals surface area contributed by atoms with Crippen molar-refractivity contribution in [3.63, 3.8) is 0 Å². The van der Waals surface area contributed by atoms with Crippen LogP contribution in [0.15, 0.2) is 96.8 Å². The Balaban J connectivity index is 1.20. The van der Waals surface area contributed by atoms with Crippen molar-refractivity contribution in [2.75, 3.05) is 4.90 Å². The Morgan fingerprint density at radius 1 is 0.773 bits per heavy atom. The molecule has 0 amide bonds. The van der Waals surface area contributed by atoms with E-state index in [4.69, 9.17) is 0 Å². The highest BCUT2D eigenvalue weighted by Gasteiger charge is 2.40. The number of Topliss-reactive ketones (excluding diaryl/α,β-unsaturated/α-hetero) is 2. The van der Waals surface area contributed by atoms with Crippen molar-refractivity contribution in [3.8, 4) is 10.4 Å². The monoisotopic (exact) mass is 616 g/mol. The van der Waals surface area contributed by atoms with Crippen LogP contribution in [0.25, 0.3) is 25.9 Å². The fourth-order valence-electron chi connectivity index (χ4n) is 6.36. The Hall–Kier alpha value is -4.79. The zero-order valence-corrected chi connectivity index (χ0v) is 25.2. The summed E-state index contributed by atoms with van der Waals surface area (Å²) in [6.07, 6.45) is 5.19. The first-order valence-corrected chi connectivity index (χ1v) is 15.6. The molecule has 214 valence electrons. The van der Waals surface area contributed by atoms with Crippen molar-refractivity contribution in [1.82, 2.24) is 4.98 Å². The van der Waals surface area contributed by atoms with Crippen LogP contribution in [-0.4, -0.2) is 16.6 Å². The second kappa shape index (κ2) is 9.61. The minimum atomic E-state index is -1.14. The van der Waals surface area contributed by atoms with Gasteiger partial charge in [-0.2, -0.15) is 0 Å². The van der Waals surface area contributed by atoms with E-state index >= 15 is 0 Å². The lowest BCUT2D eigenvalue weighted by atomic mass is 9.82. The van der Waals surface area contributed by atoms with Gasteiger partial charge in [0.2, 0.25) is 0 Å². The third-order valence-electron chi connectivity index (χ3n) is 8.43. The van der Waals surface area contributed by atoms with E-state index in [2.05, 4.69) is 54.1 Å². The zero-order valence-electron chi connectivity index (χ0n) is 23.5. The van der Waals surface area contributed by atoms with Crippen molar-refractivity contribution in [2.24, 2.45) is 0 Å². The number of carbonyl (C=O) groups excluding carboxylic acids is 2. The van der Waals surface area contributed by atoms with E-state index in [1.54, 1.807) is 23.6 Å². The van der Waals surface area contributed by atoms with Gasteiger partial charge in [0.25, 0.3) is 0 Å². The quantitative estimate of drug-likeness (QED) is 0.146. The van der Waals surface area contributed by atoms with Crippen molar-refractivity contribution >= 4 is 66.8 Å². The molecule has 0 N–H and O–H groups in total. The summed E-state index contributed by atoms with van der Waals surface area (Å²) in [7, 11) is 0. The number of benzene rings is 3. The molecule has 0 fully saturated rings. The second-order valence-electron chi connectivity index (χ2n) is 11.4. The van der Waals surface area contributed by atoms with Gasteiger partial charge < -0.3 is 4.90 Å². The van der Waals surface area contributed by atoms with Crippen molar-refractivity contribution in [3.05, 3.63) is 136 Å². The molecular formula is C36H22F2N2O2S2. The van der Waals surface area contributed by atoms with Crippen molar-refractivity contribution < 1.29 is 18.4 Å². The maximum atomic E-state index is 13.8. The fraction of sp³-hybridized carbons (Fsp3) is 0.0833. The average molecular weight is 617 g/mol. The van der Waals surface area contributed by atoms with Crippen LogP contribution in [0, 0.1) is 11.6 Å². The van der Waals surface area contributed by atoms with E-state index in [0.29, 0.717) is 0 Å². The molecule has 6 aromatic rings. The van der Waals surface area contributed by atoms with Gasteiger partial charge in [0.05, 0.1) is 22.2 Å². The van der Waals surface area contributed by atoms with Crippen LogP contribution in [0.1, 0.15) is 50.6 Å². The molecule has 0 saturated carbocycles. The molecule has 0 unspecified atom stereocenters. The summed E-state index contributed by atoms with van der Waals surface area (Å²) in [5, 5.41) is 0. The minimum Gasteiger partial charge on any atom is -0.309 e. The number of hydrogen-bond donors (Lipinski definition) is 0. The molecule has 3 aromatic carbocycles. The molecule has 0 radical (unpaired) electrons. The molecule has 2 aliphatic rings. The number of hydrogen-bond acceptors (Lipinski definition) is 6. The molecule has 8 rings (SSSR count). The number of anilines is 3. The molecule has 0 aliphatic heterocycles. The SMILES string of the molecule is CC1(C)c2cc(N(c3ccccc3)c3cccnc3)ccc2-c2sc3cc(C=C4C(=O)c5cc(F)c(F)cc5C4=O)sc3c21. The molecule has 0 spiro atoms. The first kappa shape index (κ1) is 26.8. The number of ketones is 2. The smallest absolute Gasteiger partial charge is 0.197 e. The van der Waals surface area contributed by atoms with Crippen LogP contribution in [0.3, 0.4) is 0 Å². The number of fused-ring (bicyclic) bond motifs is 6. The predicted octanol–water partition coefficient (Wildman–Crippen LogP) is 9.87. The van der Waals surface area contributed by atoms with Crippen LogP contribution in [0.4, 0.5) is 25.8 Å². The van der Waals surface area contributed by atoms with Crippen molar-refractivity contribution in [2.45, 2.75) is 19.3 Å². The number of allylic oxidation sites excluding steroid dienone is 1. The molecule has 0 saturated heterocycles. The summed E-state index contributed by atoms with van der Waals surface area (Å²) in [5.41, 5.74) is 6.10. The largest absolute Gasteiger partial charge is 0.309 e. The van der Waals surface area contributed by atoms with E-state index in [1.807, 2.05) is 42.6 Å². The van der Waals surface area contributed by atoms with Gasteiger partial charge in [-0.1, -0.05) is 38.1 Å². The number of carbonyl (C=O) groups is 2. The topological polar surface area (TPSA) is 50.3 Å². The predicted molar refractivity (Wildman–Crippen MR) is 173 cm³/mol. The van der Waals surface area contributed by atoms with Crippen LogP contribution in [0.5, 0.6) is 0 Å². The Kier molecular flexibility index (Phi) is 5.85. The standard InChI is InChI=1S/C36H22F2N2O2S2/c1-36(2)27-13-20(40(19-7-4-3-5-8-19)21-9-6-12-39-18-21)10-11-23(27)34-31(36)35-30(44-34)15-22(43-35)14-26-32(41)24-16-28(37)29(38)17-25(24)33(26)42/h3-18H,1-2H3. The number of halogens is 2. The fourth-order valence-corrected chi connectivity index (χ4v) is 9.30. The number of thiophene rings is 2. The highest BCUT2D eigenvalue weighted by atomic mass is 32.1.